The minimum absolute atomic E-state index is 0.00110. The van der Waals surface area contributed by atoms with Gasteiger partial charge in [-0.25, -0.2) is 18.2 Å². The molecule has 1 saturated carbocycles. The summed E-state index contributed by atoms with van der Waals surface area (Å²) in [6.45, 7) is 2.61. The summed E-state index contributed by atoms with van der Waals surface area (Å²) >= 11 is 13.2. The smallest absolute Gasteiger partial charge is 0.326 e. The second-order valence-electron chi connectivity index (χ2n) is 16.6. The Kier molecular flexibility index (Phi) is 13.0. The number of nitriles is 1. The number of hydrogen-bond acceptors (Lipinski definition) is 11. The van der Waals surface area contributed by atoms with Gasteiger partial charge in [0, 0.05) is 19.5 Å². The van der Waals surface area contributed by atoms with Crippen LogP contribution in [0.4, 0.5) is 5.13 Å². The van der Waals surface area contributed by atoms with Crippen molar-refractivity contribution in [3.05, 3.63) is 152 Å². The number of carbonyl (C=O) groups excluding carboxylic acids is 1. The van der Waals surface area contributed by atoms with Crippen molar-refractivity contribution in [2.75, 3.05) is 18.5 Å². The van der Waals surface area contributed by atoms with Crippen molar-refractivity contribution >= 4 is 61.6 Å². The van der Waals surface area contributed by atoms with Crippen molar-refractivity contribution in [1.29, 1.82) is 5.26 Å². The number of fused-ring (bicyclic) bond motifs is 2. The molecule has 1 aliphatic carbocycles. The first-order valence-electron chi connectivity index (χ1n) is 21.3. The molecule has 3 atom stereocenters. The summed E-state index contributed by atoms with van der Waals surface area (Å²) in [6, 6.07) is 30.1. The Balaban J connectivity index is 0.945. The molecule has 13 nitrogen and oxygen atoms in total. The minimum Gasteiger partial charge on any atom is -0.489 e. The molecule has 1 amide bonds. The molecule has 3 N–H and O–H groups in total. The third-order valence-electron chi connectivity index (χ3n) is 11.8. The van der Waals surface area contributed by atoms with E-state index in [9.17, 15) is 23.1 Å². The van der Waals surface area contributed by atoms with Crippen LogP contribution in [0.15, 0.2) is 107 Å². The molecule has 1 unspecified atom stereocenters. The van der Waals surface area contributed by atoms with Gasteiger partial charge in [0.05, 0.1) is 27.4 Å². The van der Waals surface area contributed by atoms with Gasteiger partial charge in [0.15, 0.2) is 26.9 Å². The number of carboxylic acid groups (broad SMARTS) is 1. The van der Waals surface area contributed by atoms with Gasteiger partial charge in [-0.2, -0.15) is 9.57 Å². The van der Waals surface area contributed by atoms with Crippen molar-refractivity contribution in [2.24, 2.45) is 5.92 Å². The maximum Gasteiger partial charge on any atom is 0.326 e. The number of hydrogen-bond donors (Lipinski definition) is 3. The molecule has 5 aromatic carbocycles. The number of sulfonamides is 1. The number of anilines is 1. The molecule has 0 spiro atoms. The van der Waals surface area contributed by atoms with E-state index in [2.05, 4.69) is 21.7 Å². The molecule has 0 radical (unpaired) electrons. The zero-order valence-corrected chi connectivity index (χ0v) is 38.6. The van der Waals surface area contributed by atoms with Crippen molar-refractivity contribution in [1.82, 2.24) is 14.6 Å². The average Bonchev–Trinajstić information content (AvgIpc) is 4.08. The Bertz CT molecular complexity index is 2960. The van der Waals surface area contributed by atoms with E-state index in [0.29, 0.717) is 79.4 Å². The number of aryl methyl sites for hydroxylation is 1. The molecule has 1 fully saturated rings. The predicted octanol–water partition coefficient (Wildman–Crippen LogP) is 9.14. The van der Waals surface area contributed by atoms with Crippen LogP contribution in [-0.4, -0.2) is 59.9 Å². The molecule has 3 aliphatic rings. The zero-order chi connectivity index (χ0) is 46.1. The van der Waals surface area contributed by atoms with E-state index in [1.54, 1.807) is 55.5 Å². The van der Waals surface area contributed by atoms with Crippen LogP contribution in [0, 0.1) is 24.2 Å². The second kappa shape index (κ2) is 19.0. The van der Waals surface area contributed by atoms with Gasteiger partial charge in [-0.15, -0.1) is 0 Å². The largest absolute Gasteiger partial charge is 0.489 e. The van der Waals surface area contributed by atoms with E-state index in [-0.39, 0.29) is 30.2 Å². The Morgan fingerprint density at radius 1 is 0.939 bits per heavy atom. The highest BCUT2D eigenvalue weighted by Crippen LogP contribution is 2.43. The third kappa shape index (κ3) is 9.98. The first-order chi connectivity index (χ1) is 31.8. The standard InChI is InChI=1S/C49H43Cl2N5O8S2/c1-28-48(65-49(54-28)53-24-31-2-3-31)66(60,61)56-25-37-22-44-43(63-27-45(64-44)35-13-15-38(16-14-35)62-26-32-8-17-39(50)40(51)18-32)21-36(37)20-42(56)46(57)55-41(47(58)59)19-29-4-9-33(10-5-29)34-11-6-30(23-52)7-12-34/h4-18,21-22,31,41-42,45H,2-3,19-20,24-27H2,1H3,(H,53,54)(H,55,57)(H,58,59)/t41?,42-,45+/m0/s1. The van der Waals surface area contributed by atoms with E-state index in [1.807, 2.05) is 54.6 Å². The molecule has 6 aromatic rings. The molecule has 0 saturated heterocycles. The Hall–Kier alpha value is -6.15. The van der Waals surface area contributed by atoms with Crippen LogP contribution in [0.5, 0.6) is 17.2 Å². The number of nitrogens with zero attached hydrogens (tertiary/aromatic N) is 3. The van der Waals surface area contributed by atoms with E-state index in [0.717, 1.165) is 50.7 Å². The number of ether oxygens (including phenoxy) is 3. The SMILES string of the molecule is Cc1nc(NCC2CC2)sc1S(=O)(=O)N1Cc2cc3c(cc2C[C@H]1C(=O)NC(Cc1ccc(-c2ccc(C#N)cc2)cc1)C(=O)O)OC[C@H](c1ccc(OCc2ccc(Cl)c(Cl)c2)cc1)O3. The number of thiazole rings is 1. The van der Waals surface area contributed by atoms with Gasteiger partial charge in [-0.05, 0) is 120 Å². The van der Waals surface area contributed by atoms with Gasteiger partial charge < -0.3 is 30.0 Å². The molecule has 338 valence electrons. The molecule has 9 rings (SSSR count). The molecular formula is C49H43Cl2N5O8S2. The number of aromatic nitrogens is 1. The first-order valence-corrected chi connectivity index (χ1v) is 24.3. The van der Waals surface area contributed by atoms with E-state index in [4.69, 9.17) is 42.7 Å². The summed E-state index contributed by atoms with van der Waals surface area (Å²) in [5, 5.41) is 26.8. The number of nitrogens with one attached hydrogen (secondary N) is 2. The molecular weight excluding hydrogens is 922 g/mol. The fraction of sp³-hybridized carbons (Fsp3) is 0.265. The van der Waals surface area contributed by atoms with E-state index < -0.39 is 40.1 Å². The normalized spacial score (nSPS) is 17.2. The fourth-order valence-corrected chi connectivity index (χ4v) is 11.4. The van der Waals surface area contributed by atoms with Crippen LogP contribution < -0.4 is 24.8 Å². The van der Waals surface area contributed by atoms with Crippen LogP contribution >= 0.6 is 34.5 Å². The molecule has 1 aromatic heterocycles. The van der Waals surface area contributed by atoms with Crippen molar-refractivity contribution in [2.45, 2.75) is 68.2 Å². The van der Waals surface area contributed by atoms with Crippen LogP contribution in [0.1, 0.15) is 58.0 Å². The van der Waals surface area contributed by atoms with Gasteiger partial charge in [-0.3, -0.25) is 4.79 Å². The maximum atomic E-state index is 14.8. The number of benzene rings is 5. The monoisotopic (exact) mass is 963 g/mol. The van der Waals surface area contributed by atoms with Crippen molar-refractivity contribution in [3.8, 4) is 34.4 Å². The van der Waals surface area contributed by atoms with Crippen LogP contribution in [0.25, 0.3) is 11.1 Å². The van der Waals surface area contributed by atoms with Crippen LogP contribution in [-0.2, 0) is 45.6 Å². The Morgan fingerprint density at radius 2 is 1.64 bits per heavy atom. The maximum absolute atomic E-state index is 14.8. The number of halogens is 2. The first kappa shape index (κ1) is 45.0. The fourth-order valence-electron chi connectivity index (χ4n) is 7.97. The Labute approximate surface area is 395 Å². The Morgan fingerprint density at radius 3 is 2.32 bits per heavy atom. The van der Waals surface area contributed by atoms with Crippen molar-refractivity contribution in [3.63, 3.8) is 0 Å². The summed E-state index contributed by atoms with van der Waals surface area (Å²) in [5.41, 5.74) is 6.23. The number of carbonyl (C=O) groups is 2. The minimum atomic E-state index is -4.36. The van der Waals surface area contributed by atoms with E-state index >= 15 is 0 Å². The van der Waals surface area contributed by atoms with Crippen LogP contribution in [0.2, 0.25) is 10.0 Å². The predicted molar refractivity (Wildman–Crippen MR) is 251 cm³/mol. The van der Waals surface area contributed by atoms with Gasteiger partial charge in [0.2, 0.25) is 5.91 Å². The average molecular weight is 965 g/mol. The summed E-state index contributed by atoms with van der Waals surface area (Å²) < 4.78 is 49.4. The number of amides is 1. The van der Waals surface area contributed by atoms with Crippen molar-refractivity contribution < 1.29 is 37.3 Å². The lowest BCUT2D eigenvalue weighted by Gasteiger charge is -2.36. The lowest BCUT2D eigenvalue weighted by Crippen LogP contribution is -2.55. The highest BCUT2D eigenvalue weighted by Gasteiger charge is 2.43. The summed E-state index contributed by atoms with van der Waals surface area (Å²) in [4.78, 5) is 31.6. The van der Waals surface area contributed by atoms with Gasteiger partial charge in [0.25, 0.3) is 10.0 Å². The van der Waals surface area contributed by atoms with Gasteiger partial charge in [0.1, 0.15) is 31.0 Å². The quantitative estimate of drug-likeness (QED) is 0.0894. The highest BCUT2D eigenvalue weighted by atomic mass is 35.5. The molecule has 2 aliphatic heterocycles. The molecule has 17 heteroatoms. The number of aliphatic carboxylic acids is 1. The molecule has 3 heterocycles. The zero-order valence-electron chi connectivity index (χ0n) is 35.5. The second-order valence-corrected chi connectivity index (χ2v) is 20.5. The lowest BCUT2D eigenvalue weighted by molar-refractivity contribution is -0.142. The topological polar surface area (TPSA) is 180 Å². The van der Waals surface area contributed by atoms with Crippen LogP contribution in [0.3, 0.4) is 0 Å². The van der Waals surface area contributed by atoms with E-state index in [1.165, 1.54) is 0 Å². The third-order valence-corrected chi connectivity index (χ3v) is 16.1. The van der Waals surface area contributed by atoms with Gasteiger partial charge in [-0.1, -0.05) is 89.1 Å². The summed E-state index contributed by atoms with van der Waals surface area (Å²) in [7, 11) is -4.36. The van der Waals surface area contributed by atoms with Gasteiger partial charge >= 0.3 is 5.97 Å². The summed E-state index contributed by atoms with van der Waals surface area (Å²) in [6.07, 6.45) is 1.62. The highest BCUT2D eigenvalue weighted by molar-refractivity contribution is 7.91. The lowest BCUT2D eigenvalue weighted by atomic mass is 9.94. The molecule has 0 bridgehead atoms. The number of carboxylic acids is 1. The summed E-state index contributed by atoms with van der Waals surface area (Å²) in [5.74, 6) is 0.0117. The molecule has 66 heavy (non-hydrogen) atoms. The number of rotatable bonds is 15.